The van der Waals surface area contributed by atoms with Gasteiger partial charge in [-0.15, -0.1) is 0 Å². The van der Waals surface area contributed by atoms with Crippen molar-refractivity contribution in [2.24, 2.45) is 10.2 Å². The standard InChI is InChI=1S/C20H18N4O6/c1-13(25)29-17-7-3-5-15(9-17)11-21-23-19(27)20(28)24-22-12-16-6-4-8-18(10-16)30-14(2)26/h3-12H,1-2H3,(H,23,27)(H,24,28)/b21-11+,22-12?. The third-order valence-electron chi connectivity index (χ3n) is 3.21. The molecule has 2 N–H and O–H groups in total. The van der Waals surface area contributed by atoms with Gasteiger partial charge in [-0.05, 0) is 35.4 Å². The van der Waals surface area contributed by atoms with Crippen LogP contribution in [0.2, 0.25) is 0 Å². The summed E-state index contributed by atoms with van der Waals surface area (Å²) in [7, 11) is 0. The molecule has 0 aliphatic heterocycles. The van der Waals surface area contributed by atoms with Crippen LogP contribution in [0.5, 0.6) is 11.5 Å². The first-order valence-electron chi connectivity index (χ1n) is 8.57. The van der Waals surface area contributed by atoms with Gasteiger partial charge in [0.1, 0.15) is 11.5 Å². The zero-order valence-corrected chi connectivity index (χ0v) is 16.1. The SMILES string of the molecule is CC(=O)Oc1cccc(C=NNC(=O)C(=O)N/N=C/c2cccc(OC(C)=O)c2)c1. The van der Waals surface area contributed by atoms with Crippen LogP contribution in [0, 0.1) is 0 Å². The van der Waals surface area contributed by atoms with Gasteiger partial charge in [-0.1, -0.05) is 24.3 Å². The van der Waals surface area contributed by atoms with Crippen molar-refractivity contribution in [2.45, 2.75) is 13.8 Å². The van der Waals surface area contributed by atoms with Crippen molar-refractivity contribution < 1.29 is 28.7 Å². The lowest BCUT2D eigenvalue weighted by molar-refractivity contribution is -0.139. The highest BCUT2D eigenvalue weighted by Crippen LogP contribution is 2.12. The molecule has 0 aliphatic rings. The summed E-state index contributed by atoms with van der Waals surface area (Å²) in [6.45, 7) is 2.55. The summed E-state index contributed by atoms with van der Waals surface area (Å²) < 4.78 is 9.87. The lowest BCUT2D eigenvalue weighted by Gasteiger charge is -2.02. The smallest absolute Gasteiger partial charge is 0.331 e. The van der Waals surface area contributed by atoms with Gasteiger partial charge in [-0.25, -0.2) is 10.9 Å². The molecule has 2 aromatic carbocycles. The Labute approximate surface area is 171 Å². The first kappa shape index (κ1) is 22.0. The van der Waals surface area contributed by atoms with Crippen LogP contribution >= 0.6 is 0 Å². The molecule has 0 aromatic heterocycles. The molecular weight excluding hydrogens is 392 g/mol. The molecule has 154 valence electrons. The van der Waals surface area contributed by atoms with Gasteiger partial charge in [-0.2, -0.15) is 10.2 Å². The van der Waals surface area contributed by atoms with E-state index in [-0.39, 0.29) is 0 Å². The molecule has 0 spiro atoms. The Morgan fingerprint density at radius 2 is 1.13 bits per heavy atom. The van der Waals surface area contributed by atoms with E-state index < -0.39 is 23.8 Å². The van der Waals surface area contributed by atoms with Gasteiger partial charge < -0.3 is 9.47 Å². The molecule has 2 aromatic rings. The first-order chi connectivity index (χ1) is 14.3. The summed E-state index contributed by atoms with van der Waals surface area (Å²) in [5.74, 6) is -2.35. The normalized spacial score (nSPS) is 10.6. The summed E-state index contributed by atoms with van der Waals surface area (Å²) in [4.78, 5) is 45.4. The zero-order valence-electron chi connectivity index (χ0n) is 16.1. The van der Waals surface area contributed by atoms with Crippen molar-refractivity contribution in [1.82, 2.24) is 10.9 Å². The molecule has 0 aliphatic carbocycles. The minimum atomic E-state index is -1.03. The highest BCUT2D eigenvalue weighted by atomic mass is 16.5. The van der Waals surface area contributed by atoms with Gasteiger partial charge in [0.05, 0.1) is 12.4 Å². The van der Waals surface area contributed by atoms with E-state index in [0.717, 1.165) is 0 Å². The predicted octanol–water partition coefficient (Wildman–Crippen LogP) is 1.14. The van der Waals surface area contributed by atoms with Crippen LogP contribution in [0.3, 0.4) is 0 Å². The van der Waals surface area contributed by atoms with Crippen molar-refractivity contribution in [3.63, 3.8) is 0 Å². The molecule has 0 fully saturated rings. The number of carbonyl (C=O) groups excluding carboxylic acids is 4. The number of benzene rings is 2. The number of hydrogen-bond donors (Lipinski definition) is 2. The lowest BCUT2D eigenvalue weighted by Crippen LogP contribution is -2.35. The maximum atomic E-state index is 11.7. The van der Waals surface area contributed by atoms with E-state index in [1.165, 1.54) is 38.4 Å². The Bertz CT molecular complexity index is 934. The number of ether oxygens (including phenoxy) is 2. The highest BCUT2D eigenvalue weighted by Gasteiger charge is 2.11. The summed E-state index contributed by atoms with van der Waals surface area (Å²) in [5, 5.41) is 7.32. The van der Waals surface area contributed by atoms with Crippen molar-refractivity contribution in [3.8, 4) is 11.5 Å². The Hall–Kier alpha value is -4.34. The van der Waals surface area contributed by atoms with Gasteiger partial charge >= 0.3 is 23.8 Å². The zero-order chi connectivity index (χ0) is 21.9. The van der Waals surface area contributed by atoms with Gasteiger partial charge in [0, 0.05) is 13.8 Å². The van der Waals surface area contributed by atoms with Crippen molar-refractivity contribution >= 4 is 36.2 Å². The van der Waals surface area contributed by atoms with Gasteiger partial charge in [0.15, 0.2) is 0 Å². The third-order valence-corrected chi connectivity index (χ3v) is 3.21. The maximum Gasteiger partial charge on any atom is 0.331 e. The lowest BCUT2D eigenvalue weighted by atomic mass is 10.2. The average molecular weight is 410 g/mol. The summed E-state index contributed by atoms with van der Waals surface area (Å²) in [5.41, 5.74) is 5.18. The number of rotatable bonds is 6. The number of esters is 2. The van der Waals surface area contributed by atoms with Crippen LogP contribution < -0.4 is 20.3 Å². The number of nitrogens with zero attached hydrogens (tertiary/aromatic N) is 2. The molecule has 0 saturated carbocycles. The minimum Gasteiger partial charge on any atom is -0.427 e. The third kappa shape index (κ3) is 7.72. The molecule has 2 amide bonds. The van der Waals surface area contributed by atoms with E-state index in [0.29, 0.717) is 22.6 Å². The van der Waals surface area contributed by atoms with Crippen LogP contribution in [-0.2, 0) is 19.2 Å². The second-order valence-electron chi connectivity index (χ2n) is 5.73. The van der Waals surface area contributed by atoms with Crippen molar-refractivity contribution in [2.75, 3.05) is 0 Å². The first-order valence-corrected chi connectivity index (χ1v) is 8.57. The Morgan fingerprint density at radius 1 is 0.733 bits per heavy atom. The minimum absolute atomic E-state index is 0.322. The molecule has 0 bridgehead atoms. The van der Waals surface area contributed by atoms with Gasteiger partial charge in [-0.3, -0.25) is 19.2 Å². The van der Waals surface area contributed by atoms with E-state index >= 15 is 0 Å². The van der Waals surface area contributed by atoms with Crippen LogP contribution in [0.1, 0.15) is 25.0 Å². The second kappa shape index (κ2) is 10.9. The maximum absolute atomic E-state index is 11.7. The van der Waals surface area contributed by atoms with Crippen LogP contribution in [0.4, 0.5) is 0 Å². The quantitative estimate of drug-likeness (QED) is 0.241. The number of carbonyl (C=O) groups is 4. The highest BCUT2D eigenvalue weighted by molar-refractivity contribution is 6.35. The molecule has 30 heavy (non-hydrogen) atoms. The predicted molar refractivity (Wildman–Crippen MR) is 107 cm³/mol. The molecule has 0 atom stereocenters. The molecule has 2 rings (SSSR count). The Balaban J connectivity index is 1.86. The van der Waals surface area contributed by atoms with E-state index in [1.54, 1.807) is 36.4 Å². The van der Waals surface area contributed by atoms with Gasteiger partial charge in [0.25, 0.3) is 0 Å². The molecule has 0 radical (unpaired) electrons. The summed E-state index contributed by atoms with van der Waals surface area (Å²) in [6, 6.07) is 12.8. The van der Waals surface area contributed by atoms with E-state index in [4.69, 9.17) is 9.47 Å². The van der Waals surface area contributed by atoms with Crippen molar-refractivity contribution in [1.29, 1.82) is 0 Å². The number of hydrogen-bond acceptors (Lipinski definition) is 8. The monoisotopic (exact) mass is 410 g/mol. The summed E-state index contributed by atoms with van der Waals surface area (Å²) in [6.07, 6.45) is 2.56. The fourth-order valence-corrected chi connectivity index (χ4v) is 2.08. The van der Waals surface area contributed by atoms with Gasteiger partial charge in [0.2, 0.25) is 0 Å². The fraction of sp³-hybridized carbons (Fsp3) is 0.100. The van der Waals surface area contributed by atoms with Crippen molar-refractivity contribution in [3.05, 3.63) is 59.7 Å². The number of nitrogens with one attached hydrogen (secondary N) is 2. The molecule has 0 heterocycles. The molecular formula is C20H18N4O6. The largest absolute Gasteiger partial charge is 0.427 e. The number of amides is 2. The molecule has 10 nitrogen and oxygen atoms in total. The number of hydrazone groups is 2. The Morgan fingerprint density at radius 3 is 1.50 bits per heavy atom. The van der Waals surface area contributed by atoms with Crippen LogP contribution in [0.25, 0.3) is 0 Å². The van der Waals surface area contributed by atoms with E-state index in [9.17, 15) is 19.2 Å². The van der Waals surface area contributed by atoms with Crippen LogP contribution in [0.15, 0.2) is 58.7 Å². The average Bonchev–Trinajstić information content (AvgIpc) is 2.67. The molecule has 10 heteroatoms. The molecule has 0 saturated heterocycles. The van der Waals surface area contributed by atoms with E-state index in [2.05, 4.69) is 10.2 Å². The summed E-state index contributed by atoms with van der Waals surface area (Å²) >= 11 is 0. The second-order valence-corrected chi connectivity index (χ2v) is 5.73. The molecule has 0 unspecified atom stereocenters. The fourth-order valence-electron chi connectivity index (χ4n) is 2.08. The van der Waals surface area contributed by atoms with E-state index in [1.807, 2.05) is 10.9 Å². The Kier molecular flexibility index (Phi) is 7.94. The topological polar surface area (TPSA) is 136 Å². The van der Waals surface area contributed by atoms with Crippen LogP contribution in [-0.4, -0.2) is 36.2 Å².